The first-order valence-corrected chi connectivity index (χ1v) is 9.19. The van der Waals surface area contributed by atoms with E-state index in [1.807, 2.05) is 12.1 Å². The van der Waals surface area contributed by atoms with Gasteiger partial charge in [-0.15, -0.1) is 0 Å². The Morgan fingerprint density at radius 3 is 2.87 bits per heavy atom. The van der Waals surface area contributed by atoms with Crippen LogP contribution in [0.2, 0.25) is 0 Å². The molecule has 1 aromatic carbocycles. The molecule has 1 heterocycles. The molecule has 2 aliphatic carbocycles. The second kappa shape index (κ2) is 6.27. The summed E-state index contributed by atoms with van der Waals surface area (Å²) in [5.41, 5.74) is 2.32. The highest BCUT2D eigenvalue weighted by Gasteiger charge is 2.56. The number of hydrogen-bond acceptors (Lipinski definition) is 2. The molecule has 23 heavy (non-hydrogen) atoms. The number of aryl methyl sites for hydroxylation is 1. The molecule has 0 spiro atoms. The fourth-order valence-electron chi connectivity index (χ4n) is 5.10. The Labute approximate surface area is 138 Å². The molecule has 1 N–H and O–H groups in total. The van der Waals surface area contributed by atoms with Gasteiger partial charge in [0.05, 0.1) is 12.5 Å². The number of ether oxygens (including phenoxy) is 1. The minimum absolute atomic E-state index is 0.175. The standard InChI is InChI=1S/C20H27NO2/c1-13-5-4-6-14(11-13)12-17(22)21-19-16-9-10-23-20(16)18(19)15-7-2-3-8-15/h4-6,11,15-16,18-20H,2-3,7-10,12H2,1H3,(H,21,22)/t16-,18+,19-,20-/m0/s1. The van der Waals surface area contributed by atoms with Crippen LogP contribution in [0.15, 0.2) is 24.3 Å². The lowest BCUT2D eigenvalue weighted by Gasteiger charge is -2.50. The van der Waals surface area contributed by atoms with Gasteiger partial charge in [0.2, 0.25) is 5.91 Å². The molecule has 3 nitrogen and oxygen atoms in total. The van der Waals surface area contributed by atoms with Gasteiger partial charge in [-0.1, -0.05) is 55.5 Å². The van der Waals surface area contributed by atoms with E-state index in [1.165, 1.54) is 31.2 Å². The minimum Gasteiger partial charge on any atom is -0.377 e. The van der Waals surface area contributed by atoms with Gasteiger partial charge in [-0.25, -0.2) is 0 Å². The lowest BCUT2D eigenvalue weighted by molar-refractivity contribution is -0.129. The van der Waals surface area contributed by atoms with Crippen LogP contribution in [-0.4, -0.2) is 24.7 Å². The maximum atomic E-state index is 12.5. The molecule has 1 amide bonds. The van der Waals surface area contributed by atoms with Crippen molar-refractivity contribution in [2.24, 2.45) is 17.8 Å². The van der Waals surface area contributed by atoms with Crippen LogP contribution in [0.3, 0.4) is 0 Å². The van der Waals surface area contributed by atoms with Crippen molar-refractivity contribution in [1.29, 1.82) is 0 Å². The van der Waals surface area contributed by atoms with Crippen molar-refractivity contribution >= 4 is 5.91 Å². The maximum absolute atomic E-state index is 12.5. The van der Waals surface area contributed by atoms with Gasteiger partial charge in [0.25, 0.3) is 0 Å². The van der Waals surface area contributed by atoms with E-state index in [4.69, 9.17) is 4.74 Å². The van der Waals surface area contributed by atoms with Gasteiger partial charge in [0.15, 0.2) is 0 Å². The van der Waals surface area contributed by atoms with Crippen molar-refractivity contribution in [2.45, 2.75) is 57.6 Å². The summed E-state index contributed by atoms with van der Waals surface area (Å²) >= 11 is 0. The number of benzene rings is 1. The number of carbonyl (C=O) groups is 1. The van der Waals surface area contributed by atoms with Crippen LogP contribution in [0.5, 0.6) is 0 Å². The van der Waals surface area contributed by atoms with E-state index in [0.717, 1.165) is 24.5 Å². The van der Waals surface area contributed by atoms with E-state index in [0.29, 0.717) is 30.4 Å². The van der Waals surface area contributed by atoms with Crippen LogP contribution in [0.25, 0.3) is 0 Å². The van der Waals surface area contributed by atoms with E-state index in [-0.39, 0.29) is 5.91 Å². The Bertz CT molecular complexity index is 574. The molecule has 0 aromatic heterocycles. The van der Waals surface area contributed by atoms with E-state index >= 15 is 0 Å². The van der Waals surface area contributed by atoms with Gasteiger partial charge in [-0.3, -0.25) is 4.79 Å². The van der Waals surface area contributed by atoms with Crippen LogP contribution in [-0.2, 0) is 16.0 Å². The van der Waals surface area contributed by atoms with Crippen molar-refractivity contribution in [3.8, 4) is 0 Å². The third-order valence-electron chi connectivity index (χ3n) is 6.16. The zero-order chi connectivity index (χ0) is 15.8. The number of nitrogens with one attached hydrogen (secondary N) is 1. The maximum Gasteiger partial charge on any atom is 0.224 e. The average molecular weight is 313 g/mol. The van der Waals surface area contributed by atoms with Gasteiger partial charge >= 0.3 is 0 Å². The Morgan fingerprint density at radius 1 is 1.26 bits per heavy atom. The van der Waals surface area contributed by atoms with Crippen molar-refractivity contribution < 1.29 is 9.53 Å². The zero-order valence-electron chi connectivity index (χ0n) is 14.0. The van der Waals surface area contributed by atoms with E-state index in [1.54, 1.807) is 0 Å². The van der Waals surface area contributed by atoms with Crippen LogP contribution >= 0.6 is 0 Å². The summed E-state index contributed by atoms with van der Waals surface area (Å²) in [6.45, 7) is 2.95. The highest BCUT2D eigenvalue weighted by Crippen LogP contribution is 2.51. The molecular weight excluding hydrogens is 286 g/mol. The largest absolute Gasteiger partial charge is 0.377 e. The van der Waals surface area contributed by atoms with Gasteiger partial charge < -0.3 is 10.1 Å². The first kappa shape index (κ1) is 15.2. The summed E-state index contributed by atoms with van der Waals surface area (Å²) in [5, 5.41) is 3.36. The quantitative estimate of drug-likeness (QED) is 0.926. The molecule has 4 rings (SSSR count). The Balaban J connectivity index is 1.41. The van der Waals surface area contributed by atoms with Crippen LogP contribution in [0.1, 0.15) is 43.2 Å². The topological polar surface area (TPSA) is 38.3 Å². The molecule has 1 aromatic rings. The lowest BCUT2D eigenvalue weighted by Crippen LogP contribution is -2.63. The van der Waals surface area contributed by atoms with Crippen LogP contribution < -0.4 is 5.32 Å². The summed E-state index contributed by atoms with van der Waals surface area (Å²) < 4.78 is 5.97. The predicted molar refractivity (Wildman–Crippen MR) is 90.1 cm³/mol. The summed E-state index contributed by atoms with van der Waals surface area (Å²) in [6.07, 6.45) is 7.37. The molecule has 0 unspecified atom stereocenters. The highest BCUT2D eigenvalue weighted by atomic mass is 16.5. The summed E-state index contributed by atoms with van der Waals surface area (Å²) in [6, 6.07) is 8.61. The molecule has 0 bridgehead atoms. The molecule has 124 valence electrons. The Hall–Kier alpha value is -1.35. The smallest absolute Gasteiger partial charge is 0.224 e. The second-order valence-electron chi connectivity index (χ2n) is 7.67. The Morgan fingerprint density at radius 2 is 2.09 bits per heavy atom. The minimum atomic E-state index is 0.175. The summed E-state index contributed by atoms with van der Waals surface area (Å²) in [4.78, 5) is 12.5. The highest BCUT2D eigenvalue weighted by molar-refractivity contribution is 5.79. The molecule has 4 atom stereocenters. The lowest BCUT2D eigenvalue weighted by atomic mass is 9.61. The molecule has 1 saturated heterocycles. The molecule has 3 aliphatic rings. The number of rotatable bonds is 4. The average Bonchev–Trinajstić information content (AvgIpc) is 3.16. The summed E-state index contributed by atoms with van der Waals surface area (Å²) in [7, 11) is 0. The molecule has 2 saturated carbocycles. The Kier molecular flexibility index (Phi) is 4.14. The molecular formula is C20H27NO2. The predicted octanol–water partition coefficient (Wildman–Crippen LogP) is 3.25. The molecule has 3 fully saturated rings. The van der Waals surface area contributed by atoms with E-state index in [9.17, 15) is 4.79 Å². The van der Waals surface area contributed by atoms with Gasteiger partial charge in [0.1, 0.15) is 0 Å². The van der Waals surface area contributed by atoms with Crippen LogP contribution in [0.4, 0.5) is 0 Å². The van der Waals surface area contributed by atoms with Crippen molar-refractivity contribution in [3.63, 3.8) is 0 Å². The van der Waals surface area contributed by atoms with Crippen LogP contribution in [0, 0.1) is 24.7 Å². The fourth-order valence-corrected chi connectivity index (χ4v) is 5.10. The van der Waals surface area contributed by atoms with E-state index in [2.05, 4.69) is 24.4 Å². The molecule has 0 radical (unpaired) electrons. The summed E-state index contributed by atoms with van der Waals surface area (Å²) in [5.74, 6) is 2.06. The number of hydrogen-bond donors (Lipinski definition) is 1. The van der Waals surface area contributed by atoms with Gasteiger partial charge in [0, 0.05) is 24.5 Å². The van der Waals surface area contributed by atoms with Crippen molar-refractivity contribution in [1.82, 2.24) is 5.32 Å². The zero-order valence-corrected chi connectivity index (χ0v) is 14.0. The van der Waals surface area contributed by atoms with Crippen molar-refractivity contribution in [3.05, 3.63) is 35.4 Å². The number of amides is 1. The monoisotopic (exact) mass is 313 g/mol. The van der Waals surface area contributed by atoms with Gasteiger partial charge in [-0.2, -0.15) is 0 Å². The second-order valence-corrected chi connectivity index (χ2v) is 7.67. The first-order chi connectivity index (χ1) is 11.2. The SMILES string of the molecule is Cc1cccc(CC(=O)N[C@H]2[C@@H]3CCO[C@@H]3[C@@H]2C2CCCC2)c1. The number of carbonyl (C=O) groups excluding carboxylic acids is 1. The third kappa shape index (κ3) is 2.91. The molecule has 3 heteroatoms. The first-order valence-electron chi connectivity index (χ1n) is 9.19. The third-order valence-corrected chi connectivity index (χ3v) is 6.16. The van der Waals surface area contributed by atoms with E-state index < -0.39 is 0 Å². The normalized spacial score (nSPS) is 33.3. The molecule has 1 aliphatic heterocycles. The van der Waals surface area contributed by atoms with Gasteiger partial charge in [-0.05, 0) is 24.8 Å². The number of fused-ring (bicyclic) bond motifs is 1. The van der Waals surface area contributed by atoms with Crippen molar-refractivity contribution in [2.75, 3.05) is 6.61 Å². The fraction of sp³-hybridized carbons (Fsp3) is 0.650.